The van der Waals surface area contributed by atoms with Crippen molar-refractivity contribution in [2.45, 2.75) is 0 Å². The molecule has 0 aliphatic rings. The van der Waals surface area contributed by atoms with Crippen LogP contribution in [0.15, 0.2) is 12.3 Å². The molecule has 1 heterocycles. The van der Waals surface area contributed by atoms with Crippen molar-refractivity contribution in [2.75, 3.05) is 0 Å². The minimum Gasteiger partial charge on any atom is -0.372 e. The van der Waals surface area contributed by atoms with Gasteiger partial charge in [0.1, 0.15) is 0 Å². The van der Waals surface area contributed by atoms with Crippen molar-refractivity contribution in [3.8, 4) is 0 Å². The largest absolute Gasteiger partial charge is 0.372 e. The average Bonchev–Trinajstić information content (AvgIpc) is 1.86. The molecule has 1 aromatic rings. The Balaban J connectivity index is 0.000000360. The van der Waals surface area contributed by atoms with Crippen molar-refractivity contribution in [3.63, 3.8) is 0 Å². The molecule has 0 fully saturated rings. The molecule has 0 N–H and O–H groups in total. The fraction of sp³-hybridized carbons (Fsp3) is 0.250. The Hall–Kier alpha value is -0.128. The SMILES string of the molecule is Cn1cc[c-]n1.[Re]. The molecular formula is C4H5N2Re-. The fourth-order valence-corrected chi connectivity index (χ4v) is 0.299. The second-order valence-electron chi connectivity index (χ2n) is 1.12. The molecule has 1 aromatic heterocycles. The molecule has 0 aromatic carbocycles. The normalized spacial score (nSPS) is 7.57. The minimum atomic E-state index is 0. The molecule has 0 spiro atoms. The van der Waals surface area contributed by atoms with Crippen molar-refractivity contribution in [3.05, 3.63) is 18.5 Å². The predicted molar refractivity (Wildman–Crippen MR) is 22.0 cm³/mol. The topological polar surface area (TPSA) is 17.8 Å². The summed E-state index contributed by atoms with van der Waals surface area (Å²) >= 11 is 0. The number of nitrogens with zero attached hydrogens (tertiary/aromatic N) is 2. The van der Waals surface area contributed by atoms with Crippen molar-refractivity contribution < 1.29 is 20.4 Å². The summed E-state index contributed by atoms with van der Waals surface area (Å²) in [5, 5.41) is 3.71. The number of hydrogen-bond acceptors (Lipinski definition) is 1. The van der Waals surface area contributed by atoms with Crippen molar-refractivity contribution in [2.24, 2.45) is 7.05 Å². The van der Waals surface area contributed by atoms with Crippen LogP contribution in [0.25, 0.3) is 0 Å². The van der Waals surface area contributed by atoms with Crippen LogP contribution in [0, 0.1) is 6.20 Å². The first-order valence-electron chi connectivity index (χ1n) is 1.75. The third-order valence-corrected chi connectivity index (χ3v) is 0.580. The summed E-state index contributed by atoms with van der Waals surface area (Å²) < 4.78 is 1.69. The van der Waals surface area contributed by atoms with Gasteiger partial charge in [-0.2, -0.15) is 6.07 Å². The van der Waals surface area contributed by atoms with Gasteiger partial charge in [0, 0.05) is 27.5 Å². The molecule has 2 nitrogen and oxygen atoms in total. The zero-order valence-corrected chi connectivity index (χ0v) is 6.64. The molecule has 1 rings (SSSR count). The number of rotatable bonds is 0. The van der Waals surface area contributed by atoms with Gasteiger partial charge in [0.25, 0.3) is 0 Å². The van der Waals surface area contributed by atoms with E-state index in [4.69, 9.17) is 0 Å². The zero-order chi connectivity index (χ0) is 4.41. The summed E-state index contributed by atoms with van der Waals surface area (Å²) in [5.41, 5.74) is 0. The average molecular weight is 267 g/mol. The van der Waals surface area contributed by atoms with E-state index in [1.54, 1.807) is 10.7 Å². The van der Waals surface area contributed by atoms with Gasteiger partial charge in [0.15, 0.2) is 0 Å². The first-order valence-corrected chi connectivity index (χ1v) is 1.75. The molecule has 0 unspecified atom stereocenters. The molecule has 0 aliphatic carbocycles. The van der Waals surface area contributed by atoms with Crippen molar-refractivity contribution in [1.82, 2.24) is 9.78 Å². The third kappa shape index (κ3) is 1.86. The van der Waals surface area contributed by atoms with Crippen LogP contribution in [0.3, 0.4) is 0 Å². The summed E-state index contributed by atoms with van der Waals surface area (Å²) in [6.07, 6.45) is 4.48. The molecule has 1 radical (unpaired) electrons. The van der Waals surface area contributed by atoms with Gasteiger partial charge in [-0.25, -0.2) is 0 Å². The Morgan fingerprint density at radius 2 is 2.43 bits per heavy atom. The summed E-state index contributed by atoms with van der Waals surface area (Å²) in [4.78, 5) is 0. The van der Waals surface area contributed by atoms with Crippen LogP contribution in [0.1, 0.15) is 0 Å². The van der Waals surface area contributed by atoms with Gasteiger partial charge in [-0.3, -0.25) is 0 Å². The van der Waals surface area contributed by atoms with Gasteiger partial charge >= 0.3 is 0 Å². The van der Waals surface area contributed by atoms with Crippen LogP contribution >= 0.6 is 0 Å². The van der Waals surface area contributed by atoms with Crippen molar-refractivity contribution in [1.29, 1.82) is 0 Å². The van der Waals surface area contributed by atoms with Crippen LogP contribution in [-0.2, 0) is 27.5 Å². The third-order valence-electron chi connectivity index (χ3n) is 0.580. The molecular weight excluding hydrogens is 262 g/mol. The van der Waals surface area contributed by atoms with Gasteiger partial charge in [-0.15, -0.1) is 12.4 Å². The monoisotopic (exact) mass is 268 g/mol. The van der Waals surface area contributed by atoms with Crippen molar-refractivity contribution >= 4 is 0 Å². The standard InChI is InChI=1S/C4H5N2.Re/c1-6-4-2-3-5-6;/h2,4H,1H3;/q-1;. The Kier molecular flexibility index (Phi) is 2.90. The summed E-state index contributed by atoms with van der Waals surface area (Å²) in [7, 11) is 1.86. The minimum absolute atomic E-state index is 0. The van der Waals surface area contributed by atoms with Crippen LogP contribution < -0.4 is 0 Å². The summed E-state index contributed by atoms with van der Waals surface area (Å²) in [5.74, 6) is 0. The Bertz CT molecular complexity index is 113. The maximum absolute atomic E-state index is 3.71. The molecule has 0 bridgehead atoms. The molecule has 0 saturated heterocycles. The van der Waals surface area contributed by atoms with E-state index in [0.29, 0.717) is 0 Å². The van der Waals surface area contributed by atoms with Gasteiger partial charge in [-0.05, 0) is 0 Å². The van der Waals surface area contributed by atoms with E-state index in [0.717, 1.165) is 0 Å². The summed E-state index contributed by atoms with van der Waals surface area (Å²) in [6, 6.07) is 1.76. The Labute approximate surface area is 56.2 Å². The maximum Gasteiger partial charge on any atom is 0.00866 e. The van der Waals surface area contributed by atoms with Gasteiger partial charge in [0.2, 0.25) is 0 Å². The molecule has 0 amide bonds. The fourth-order valence-electron chi connectivity index (χ4n) is 0.299. The van der Waals surface area contributed by atoms with E-state index in [2.05, 4.69) is 11.3 Å². The smallest absolute Gasteiger partial charge is 0.00866 e. The predicted octanol–water partition coefficient (Wildman–Crippen LogP) is 0.218. The quantitative estimate of drug-likeness (QED) is 0.615. The van der Waals surface area contributed by atoms with Crippen LogP contribution in [0.4, 0.5) is 0 Å². The second kappa shape index (κ2) is 2.95. The van der Waals surface area contributed by atoms with E-state index in [1.807, 2.05) is 13.2 Å². The van der Waals surface area contributed by atoms with E-state index in [-0.39, 0.29) is 20.4 Å². The molecule has 3 heteroatoms. The number of aromatic nitrogens is 2. The van der Waals surface area contributed by atoms with Gasteiger partial charge in [0.05, 0.1) is 0 Å². The zero-order valence-electron chi connectivity index (χ0n) is 3.93. The van der Waals surface area contributed by atoms with E-state index < -0.39 is 0 Å². The molecule has 39 valence electrons. The first-order chi connectivity index (χ1) is 2.89. The van der Waals surface area contributed by atoms with Gasteiger partial charge in [-0.1, -0.05) is 0 Å². The molecule has 0 saturated carbocycles. The van der Waals surface area contributed by atoms with Crippen LogP contribution in [0.5, 0.6) is 0 Å². The Morgan fingerprint density at radius 3 is 2.57 bits per heavy atom. The maximum atomic E-state index is 3.71. The number of aryl methyl sites for hydroxylation is 1. The van der Waals surface area contributed by atoms with E-state index in [9.17, 15) is 0 Å². The molecule has 0 atom stereocenters. The first kappa shape index (κ1) is 6.87. The van der Waals surface area contributed by atoms with Crippen LogP contribution in [-0.4, -0.2) is 9.78 Å². The molecule has 7 heavy (non-hydrogen) atoms. The summed E-state index contributed by atoms with van der Waals surface area (Å²) in [6.45, 7) is 0. The second-order valence-corrected chi connectivity index (χ2v) is 1.12. The van der Waals surface area contributed by atoms with Crippen LogP contribution in [0.2, 0.25) is 0 Å². The Morgan fingerprint density at radius 1 is 1.71 bits per heavy atom. The van der Waals surface area contributed by atoms with E-state index in [1.165, 1.54) is 0 Å². The van der Waals surface area contributed by atoms with Gasteiger partial charge < -0.3 is 9.78 Å². The molecule has 0 aliphatic heterocycles. The number of hydrogen-bond donors (Lipinski definition) is 0. The van der Waals surface area contributed by atoms with E-state index >= 15 is 0 Å².